The Labute approximate surface area is 182 Å². The molecule has 0 bridgehead atoms. The van der Waals surface area contributed by atoms with Gasteiger partial charge in [0.05, 0.1) is 7.11 Å². The second kappa shape index (κ2) is 9.52. The number of aromatic carboxylic acids is 2. The van der Waals surface area contributed by atoms with Crippen LogP contribution in [0.2, 0.25) is 0 Å². The number of nitrogens with one attached hydrogen (secondary N) is 1. The van der Waals surface area contributed by atoms with Gasteiger partial charge in [-0.05, 0) is 29.3 Å². The van der Waals surface area contributed by atoms with E-state index in [1.165, 1.54) is 25.3 Å². The Kier molecular flexibility index (Phi) is 6.59. The summed E-state index contributed by atoms with van der Waals surface area (Å²) in [5, 5.41) is 19.1. The van der Waals surface area contributed by atoms with Crippen LogP contribution in [0.3, 0.4) is 0 Å². The first-order chi connectivity index (χ1) is 15.3. The molecule has 0 aliphatic rings. The third kappa shape index (κ3) is 4.62. The van der Waals surface area contributed by atoms with Crippen molar-refractivity contribution in [2.45, 2.75) is 0 Å². The van der Waals surface area contributed by atoms with Gasteiger partial charge in [0.15, 0.2) is 11.5 Å². The zero-order chi connectivity index (χ0) is 23.3. The van der Waals surface area contributed by atoms with Crippen LogP contribution in [-0.2, 0) is 0 Å². The van der Waals surface area contributed by atoms with Crippen molar-refractivity contribution in [1.82, 2.24) is 4.98 Å². The highest BCUT2D eigenvalue weighted by Crippen LogP contribution is 2.36. The van der Waals surface area contributed by atoms with E-state index in [1.54, 1.807) is 0 Å². The number of carboxylic acid groups (broad SMARTS) is 2. The minimum atomic E-state index is -1.59. The maximum atomic E-state index is 12.2. The van der Waals surface area contributed by atoms with Crippen LogP contribution in [0.25, 0.3) is 17.2 Å². The Morgan fingerprint density at radius 2 is 1.72 bits per heavy atom. The third-order valence-electron chi connectivity index (χ3n) is 4.57. The minimum Gasteiger partial charge on any atom is -0.493 e. The number of ether oxygens (including phenoxy) is 2. The van der Waals surface area contributed by atoms with Crippen molar-refractivity contribution in [2.24, 2.45) is 0 Å². The van der Waals surface area contributed by atoms with Crippen molar-refractivity contribution in [3.63, 3.8) is 0 Å². The van der Waals surface area contributed by atoms with Crippen LogP contribution >= 0.6 is 0 Å². The smallest absolute Gasteiger partial charge is 0.342 e. The summed E-state index contributed by atoms with van der Waals surface area (Å²) >= 11 is 0. The molecule has 3 aromatic rings. The molecule has 0 saturated heterocycles. The molecule has 0 saturated carbocycles. The van der Waals surface area contributed by atoms with Crippen LogP contribution in [-0.4, -0.2) is 40.9 Å². The highest BCUT2D eigenvalue weighted by molar-refractivity contribution is 6.07. The van der Waals surface area contributed by atoms with E-state index >= 15 is 0 Å². The third-order valence-corrected chi connectivity index (χ3v) is 4.57. The van der Waals surface area contributed by atoms with Gasteiger partial charge in [0.25, 0.3) is 5.56 Å². The lowest BCUT2D eigenvalue weighted by molar-refractivity contribution is 0.0695. The molecule has 0 aliphatic heterocycles. The van der Waals surface area contributed by atoms with Crippen molar-refractivity contribution in [3.8, 4) is 22.6 Å². The number of anilines is 1. The number of benzene rings is 2. The largest absolute Gasteiger partial charge is 0.493 e. The van der Waals surface area contributed by atoms with E-state index in [0.717, 1.165) is 5.56 Å². The van der Waals surface area contributed by atoms with E-state index in [9.17, 15) is 24.6 Å². The van der Waals surface area contributed by atoms with Crippen molar-refractivity contribution in [2.75, 3.05) is 19.5 Å². The molecule has 164 valence electrons. The predicted molar refractivity (Wildman–Crippen MR) is 118 cm³/mol. The molecule has 0 atom stereocenters. The molecular formula is C23H20N2O7. The topological polar surface area (TPSA) is 152 Å². The summed E-state index contributed by atoms with van der Waals surface area (Å²) in [5.41, 5.74) is 4.20. The number of rotatable bonds is 8. The van der Waals surface area contributed by atoms with E-state index in [-0.39, 0.29) is 23.5 Å². The van der Waals surface area contributed by atoms with E-state index in [0.29, 0.717) is 5.75 Å². The van der Waals surface area contributed by atoms with Crippen LogP contribution in [0.1, 0.15) is 26.3 Å². The second-order valence-electron chi connectivity index (χ2n) is 6.59. The molecular weight excluding hydrogens is 416 g/mol. The van der Waals surface area contributed by atoms with Gasteiger partial charge in [0.1, 0.15) is 23.6 Å². The fourth-order valence-corrected chi connectivity index (χ4v) is 3.16. The average molecular weight is 436 g/mol. The Morgan fingerprint density at radius 3 is 2.34 bits per heavy atom. The van der Waals surface area contributed by atoms with Crippen LogP contribution in [0.4, 0.5) is 5.82 Å². The van der Waals surface area contributed by atoms with Gasteiger partial charge in [-0.2, -0.15) is 0 Å². The molecule has 1 aromatic heterocycles. The molecule has 0 aliphatic carbocycles. The summed E-state index contributed by atoms with van der Waals surface area (Å²) in [6, 6.07) is 14.0. The summed E-state index contributed by atoms with van der Waals surface area (Å²) in [6.07, 6.45) is 3.70. The minimum absolute atomic E-state index is 0.127. The van der Waals surface area contributed by atoms with Gasteiger partial charge in [0.2, 0.25) is 0 Å². The van der Waals surface area contributed by atoms with Crippen molar-refractivity contribution in [1.29, 1.82) is 0 Å². The molecule has 9 heteroatoms. The summed E-state index contributed by atoms with van der Waals surface area (Å²) in [7, 11) is 1.38. The molecule has 9 nitrogen and oxygen atoms in total. The van der Waals surface area contributed by atoms with Gasteiger partial charge in [-0.1, -0.05) is 42.5 Å². The summed E-state index contributed by atoms with van der Waals surface area (Å²) < 4.78 is 11.0. The zero-order valence-electron chi connectivity index (χ0n) is 17.0. The van der Waals surface area contributed by atoms with Crippen molar-refractivity contribution in [3.05, 3.63) is 81.7 Å². The molecule has 32 heavy (non-hydrogen) atoms. The first-order valence-corrected chi connectivity index (χ1v) is 9.38. The SMILES string of the molecule is COc1cc(-c2c(C(=O)O)c(N)[nH]c(=O)c2C(=O)O)ccc1OCC=Cc1ccccc1. The Morgan fingerprint density at radius 1 is 1.03 bits per heavy atom. The monoisotopic (exact) mass is 436 g/mol. The number of hydrogen-bond acceptors (Lipinski definition) is 6. The summed E-state index contributed by atoms with van der Waals surface area (Å²) in [4.78, 5) is 37.7. The quantitative estimate of drug-likeness (QED) is 0.420. The van der Waals surface area contributed by atoms with Gasteiger partial charge >= 0.3 is 11.9 Å². The van der Waals surface area contributed by atoms with E-state index in [2.05, 4.69) is 4.98 Å². The molecule has 0 unspecified atom stereocenters. The zero-order valence-corrected chi connectivity index (χ0v) is 17.0. The van der Waals surface area contributed by atoms with E-state index < -0.39 is 34.4 Å². The molecule has 5 N–H and O–H groups in total. The molecule has 0 spiro atoms. The number of H-pyrrole nitrogens is 1. The number of nitrogens with two attached hydrogens (primary N) is 1. The first kappa shape index (κ1) is 22.2. The standard InChI is InChI=1S/C23H20N2O7/c1-31-16-12-14(9-10-15(16)32-11-5-8-13-6-3-2-4-7-13)17-18(22(27)28)20(24)25-21(26)19(17)23(29)30/h2-10,12H,11H2,1H3,(H,27,28)(H,29,30)(H3,24,25,26). The average Bonchev–Trinajstić information content (AvgIpc) is 2.76. The van der Waals surface area contributed by atoms with Crippen LogP contribution in [0, 0.1) is 0 Å². The Hall–Kier alpha value is -4.53. The molecule has 0 fully saturated rings. The lowest BCUT2D eigenvalue weighted by atomic mass is 9.95. The molecule has 0 radical (unpaired) electrons. The van der Waals surface area contributed by atoms with Crippen LogP contribution in [0.15, 0.2) is 59.4 Å². The van der Waals surface area contributed by atoms with Crippen molar-refractivity contribution < 1.29 is 29.3 Å². The highest BCUT2D eigenvalue weighted by Gasteiger charge is 2.27. The number of pyridine rings is 1. The lowest BCUT2D eigenvalue weighted by Crippen LogP contribution is -2.24. The van der Waals surface area contributed by atoms with Crippen molar-refractivity contribution >= 4 is 23.8 Å². The fourth-order valence-electron chi connectivity index (χ4n) is 3.16. The number of aromatic nitrogens is 1. The van der Waals surface area contributed by atoms with Gasteiger partial charge < -0.3 is 30.4 Å². The number of nitrogen functional groups attached to an aromatic ring is 1. The molecule has 2 aromatic carbocycles. The first-order valence-electron chi connectivity index (χ1n) is 9.38. The summed E-state index contributed by atoms with van der Waals surface area (Å²) in [5.74, 6) is -2.95. The van der Waals surface area contributed by atoms with E-state index in [4.69, 9.17) is 15.2 Å². The van der Waals surface area contributed by atoms with Crippen LogP contribution < -0.4 is 20.8 Å². The number of carboxylic acids is 2. The summed E-state index contributed by atoms with van der Waals surface area (Å²) in [6.45, 7) is 0.226. The number of hydrogen-bond donors (Lipinski definition) is 4. The van der Waals surface area contributed by atoms with Gasteiger partial charge in [-0.15, -0.1) is 0 Å². The molecule has 3 rings (SSSR count). The number of aromatic amines is 1. The van der Waals surface area contributed by atoms with Gasteiger partial charge in [-0.3, -0.25) is 4.79 Å². The lowest BCUT2D eigenvalue weighted by Gasteiger charge is -2.15. The predicted octanol–water partition coefficient (Wildman–Crippen LogP) is 3.12. The molecule has 0 amide bonds. The van der Waals surface area contributed by atoms with Gasteiger partial charge in [-0.25, -0.2) is 9.59 Å². The van der Waals surface area contributed by atoms with Crippen LogP contribution in [0.5, 0.6) is 11.5 Å². The maximum absolute atomic E-state index is 12.2. The Bertz CT molecular complexity index is 1250. The van der Waals surface area contributed by atoms with E-state index in [1.807, 2.05) is 42.5 Å². The number of methoxy groups -OCH3 is 1. The normalized spacial score (nSPS) is 10.8. The molecule has 1 heterocycles. The second-order valence-corrected chi connectivity index (χ2v) is 6.59. The fraction of sp³-hybridized carbons (Fsp3) is 0.0870. The highest BCUT2D eigenvalue weighted by atomic mass is 16.5. The maximum Gasteiger partial charge on any atom is 0.342 e. The number of carbonyl (C=O) groups is 2. The Balaban J connectivity index is 1.99. The van der Waals surface area contributed by atoms with Gasteiger partial charge in [0, 0.05) is 5.56 Å².